The van der Waals surface area contributed by atoms with Gasteiger partial charge < -0.3 is 9.47 Å². The van der Waals surface area contributed by atoms with Crippen LogP contribution in [0.5, 0.6) is 0 Å². The molecule has 4 nitrogen and oxygen atoms in total. The van der Waals surface area contributed by atoms with E-state index in [9.17, 15) is 4.79 Å². The van der Waals surface area contributed by atoms with Crippen molar-refractivity contribution in [2.75, 3.05) is 13.1 Å². The Balaban J connectivity index is 1.43. The van der Waals surface area contributed by atoms with Gasteiger partial charge in [0.05, 0.1) is 16.6 Å². The molecule has 1 aliphatic rings. The molecule has 0 unspecified atom stereocenters. The van der Waals surface area contributed by atoms with Gasteiger partial charge in [-0.1, -0.05) is 24.3 Å². The van der Waals surface area contributed by atoms with Gasteiger partial charge in [-0.15, -0.1) is 0 Å². The molecule has 0 bridgehead atoms. The van der Waals surface area contributed by atoms with E-state index in [4.69, 9.17) is 0 Å². The second-order valence-electron chi connectivity index (χ2n) is 6.97. The number of aromatic nitrogens is 2. The number of likely N-dealkylation sites (tertiary alicyclic amines) is 1. The normalized spacial score (nSPS) is 15.5. The van der Waals surface area contributed by atoms with Crippen LogP contribution in [0.25, 0.3) is 11.0 Å². The Kier molecular flexibility index (Phi) is 4.81. The molecule has 26 heavy (non-hydrogen) atoms. The van der Waals surface area contributed by atoms with Crippen LogP contribution in [-0.4, -0.2) is 33.4 Å². The predicted octanol–water partition coefficient (Wildman–Crippen LogP) is 4.66. The van der Waals surface area contributed by atoms with Gasteiger partial charge in [-0.3, -0.25) is 4.79 Å². The van der Waals surface area contributed by atoms with Crippen molar-refractivity contribution in [2.24, 2.45) is 5.92 Å². The van der Waals surface area contributed by atoms with Crippen LogP contribution >= 0.6 is 15.9 Å². The van der Waals surface area contributed by atoms with E-state index in [1.54, 1.807) is 0 Å². The fraction of sp³-hybridized carbons (Fsp3) is 0.333. The molecule has 134 valence electrons. The Hall–Kier alpha value is -2.14. The number of benzene rings is 2. The topological polar surface area (TPSA) is 38.1 Å². The van der Waals surface area contributed by atoms with Crippen LogP contribution in [0.1, 0.15) is 29.0 Å². The molecule has 0 radical (unpaired) electrons. The molecule has 0 aliphatic carbocycles. The fourth-order valence-electron chi connectivity index (χ4n) is 3.81. The highest BCUT2D eigenvalue weighted by Gasteiger charge is 2.25. The number of hydrogen-bond acceptors (Lipinski definition) is 2. The Morgan fingerprint density at radius 3 is 2.58 bits per heavy atom. The minimum atomic E-state index is 0.125. The van der Waals surface area contributed by atoms with E-state index in [0.29, 0.717) is 5.92 Å². The number of carbonyl (C=O) groups is 1. The first-order valence-corrected chi connectivity index (χ1v) is 9.88. The summed E-state index contributed by atoms with van der Waals surface area (Å²) in [5, 5.41) is 0. The molecule has 0 atom stereocenters. The summed E-state index contributed by atoms with van der Waals surface area (Å²) in [7, 11) is 0. The smallest absolute Gasteiger partial charge is 0.254 e. The van der Waals surface area contributed by atoms with E-state index in [1.807, 2.05) is 35.2 Å². The highest BCUT2D eigenvalue weighted by Crippen LogP contribution is 2.25. The number of nitrogens with zero attached hydrogens (tertiary/aromatic N) is 3. The number of para-hydroxylation sites is 2. The third kappa shape index (κ3) is 3.28. The Labute approximate surface area is 162 Å². The van der Waals surface area contributed by atoms with Crippen molar-refractivity contribution < 1.29 is 4.79 Å². The quantitative estimate of drug-likeness (QED) is 0.628. The maximum absolute atomic E-state index is 12.8. The number of carbonyl (C=O) groups excluding carboxylic acids is 1. The van der Waals surface area contributed by atoms with Crippen LogP contribution in [0, 0.1) is 12.8 Å². The minimum absolute atomic E-state index is 0.125. The van der Waals surface area contributed by atoms with E-state index in [1.165, 1.54) is 5.52 Å². The van der Waals surface area contributed by atoms with Gasteiger partial charge in [-0.05, 0) is 65.9 Å². The van der Waals surface area contributed by atoms with Gasteiger partial charge in [0.25, 0.3) is 5.91 Å². The fourth-order valence-corrected chi connectivity index (χ4v) is 4.26. The summed E-state index contributed by atoms with van der Waals surface area (Å²) in [4.78, 5) is 19.4. The van der Waals surface area contributed by atoms with E-state index < -0.39 is 0 Å². The minimum Gasteiger partial charge on any atom is -0.339 e. The summed E-state index contributed by atoms with van der Waals surface area (Å²) in [6, 6.07) is 16.0. The van der Waals surface area contributed by atoms with Crippen molar-refractivity contribution in [3.8, 4) is 0 Å². The third-order valence-corrected chi connectivity index (χ3v) is 5.98. The first kappa shape index (κ1) is 17.3. The van der Waals surface area contributed by atoms with Crippen LogP contribution in [0.2, 0.25) is 0 Å². The summed E-state index contributed by atoms with van der Waals surface area (Å²) < 4.78 is 3.19. The van der Waals surface area contributed by atoms with Crippen LogP contribution in [0.15, 0.2) is 53.0 Å². The molecule has 1 saturated heterocycles. The molecule has 2 aromatic carbocycles. The average molecular weight is 412 g/mol. The summed E-state index contributed by atoms with van der Waals surface area (Å²) in [6.07, 6.45) is 2.06. The summed E-state index contributed by atoms with van der Waals surface area (Å²) in [5.74, 6) is 1.77. The van der Waals surface area contributed by atoms with Gasteiger partial charge in [-0.25, -0.2) is 4.98 Å². The Bertz CT molecular complexity index is 941. The first-order valence-electron chi connectivity index (χ1n) is 9.09. The summed E-state index contributed by atoms with van der Waals surface area (Å²) >= 11 is 3.49. The molecule has 0 N–H and O–H groups in total. The maximum Gasteiger partial charge on any atom is 0.254 e. The summed E-state index contributed by atoms with van der Waals surface area (Å²) in [5.41, 5.74) is 3.02. The van der Waals surface area contributed by atoms with Crippen molar-refractivity contribution in [3.05, 3.63) is 64.4 Å². The highest BCUT2D eigenvalue weighted by atomic mass is 79.9. The van der Waals surface area contributed by atoms with Gasteiger partial charge >= 0.3 is 0 Å². The van der Waals surface area contributed by atoms with Crippen LogP contribution in [-0.2, 0) is 6.54 Å². The van der Waals surface area contributed by atoms with Gasteiger partial charge in [-0.2, -0.15) is 0 Å². The van der Waals surface area contributed by atoms with Gasteiger partial charge in [0.1, 0.15) is 5.82 Å². The molecule has 0 saturated carbocycles. The largest absolute Gasteiger partial charge is 0.339 e. The molecule has 2 heterocycles. The van der Waals surface area contributed by atoms with Gasteiger partial charge in [0.2, 0.25) is 0 Å². The summed E-state index contributed by atoms with van der Waals surface area (Å²) in [6.45, 7) is 4.68. The van der Waals surface area contributed by atoms with E-state index in [0.717, 1.165) is 53.9 Å². The number of piperidine rings is 1. The zero-order valence-corrected chi connectivity index (χ0v) is 16.4. The monoisotopic (exact) mass is 411 g/mol. The molecule has 4 rings (SSSR count). The number of rotatable bonds is 3. The molecule has 1 amide bonds. The number of halogens is 1. The molecular formula is C21H22BrN3O. The lowest BCUT2D eigenvalue weighted by molar-refractivity contribution is 0.0682. The predicted molar refractivity (Wildman–Crippen MR) is 107 cm³/mol. The lowest BCUT2D eigenvalue weighted by Crippen LogP contribution is -2.39. The number of amides is 1. The molecule has 5 heteroatoms. The molecule has 3 aromatic rings. The number of fused-ring (bicyclic) bond motifs is 1. The maximum atomic E-state index is 12.8. The van der Waals surface area contributed by atoms with Crippen LogP contribution in [0.3, 0.4) is 0 Å². The molecule has 1 fully saturated rings. The van der Waals surface area contributed by atoms with Gasteiger partial charge in [0.15, 0.2) is 0 Å². The molecule has 1 aromatic heterocycles. The molecule has 0 spiro atoms. The highest BCUT2D eigenvalue weighted by molar-refractivity contribution is 9.10. The van der Waals surface area contributed by atoms with Crippen molar-refractivity contribution in [3.63, 3.8) is 0 Å². The Morgan fingerprint density at radius 1 is 1.12 bits per heavy atom. The zero-order chi connectivity index (χ0) is 18.1. The zero-order valence-electron chi connectivity index (χ0n) is 14.9. The first-order chi connectivity index (χ1) is 12.6. The number of imidazole rings is 1. The Morgan fingerprint density at radius 2 is 1.81 bits per heavy atom. The van der Waals surface area contributed by atoms with Crippen molar-refractivity contribution >= 4 is 32.9 Å². The van der Waals surface area contributed by atoms with Crippen LogP contribution in [0.4, 0.5) is 0 Å². The van der Waals surface area contributed by atoms with Crippen molar-refractivity contribution in [1.82, 2.24) is 14.5 Å². The van der Waals surface area contributed by atoms with E-state index >= 15 is 0 Å². The third-order valence-electron chi connectivity index (χ3n) is 5.29. The molecule has 1 aliphatic heterocycles. The van der Waals surface area contributed by atoms with Crippen molar-refractivity contribution in [1.29, 1.82) is 0 Å². The number of aryl methyl sites for hydroxylation is 1. The van der Waals surface area contributed by atoms with Crippen molar-refractivity contribution in [2.45, 2.75) is 26.3 Å². The second-order valence-corrected chi connectivity index (χ2v) is 7.83. The van der Waals surface area contributed by atoms with Gasteiger partial charge in [0, 0.05) is 24.1 Å². The van der Waals surface area contributed by atoms with E-state index in [2.05, 4.69) is 50.6 Å². The lowest BCUT2D eigenvalue weighted by Gasteiger charge is -2.32. The average Bonchev–Trinajstić information content (AvgIpc) is 2.98. The second kappa shape index (κ2) is 7.23. The number of hydrogen-bond donors (Lipinski definition) is 0. The SMILES string of the molecule is Cc1nc2ccccc2n1CC1CCN(C(=O)c2ccccc2Br)CC1. The van der Waals surface area contributed by atoms with Crippen LogP contribution < -0.4 is 0 Å². The molecular weight excluding hydrogens is 390 g/mol. The van der Waals surface area contributed by atoms with E-state index in [-0.39, 0.29) is 5.91 Å². The standard InChI is InChI=1S/C21H22BrN3O/c1-15-23-19-8-4-5-9-20(19)25(15)14-16-10-12-24(13-11-16)21(26)17-6-2-3-7-18(17)22/h2-9,16H,10-14H2,1H3. The lowest BCUT2D eigenvalue weighted by atomic mass is 9.96.